The molecule has 132 valence electrons. The Labute approximate surface area is 137 Å². The topological polar surface area (TPSA) is 75.9 Å². The second-order valence-electron chi connectivity index (χ2n) is 6.34. The monoisotopic (exact) mass is 343 g/mol. The number of piperidine rings is 1. The molecule has 3 rings (SSSR count). The summed E-state index contributed by atoms with van der Waals surface area (Å²) in [6, 6.07) is 1.25. The van der Waals surface area contributed by atoms with Gasteiger partial charge in [-0.05, 0) is 18.5 Å². The van der Waals surface area contributed by atoms with Gasteiger partial charge in [0.05, 0.1) is 25.1 Å². The van der Waals surface area contributed by atoms with Gasteiger partial charge in [-0.2, -0.15) is 0 Å². The van der Waals surface area contributed by atoms with Crippen LogP contribution in [-0.4, -0.2) is 66.0 Å². The molecule has 0 saturated carbocycles. The van der Waals surface area contributed by atoms with Crippen LogP contribution in [0.3, 0.4) is 0 Å². The standard InChI is InChI=1S/C15H19F2N3O4/c1-3-19-5-4-14(13(19)22)7-15(16,17)9-20(8-14)12(21)10-6-11(23-2)18-24-10/h6H,3-5,7-9H2,1-2H3/t14-/m1/s1. The van der Waals surface area contributed by atoms with Crippen LogP contribution in [0.4, 0.5) is 8.78 Å². The minimum atomic E-state index is -3.13. The maximum absolute atomic E-state index is 14.3. The first kappa shape index (κ1) is 16.7. The number of methoxy groups -OCH3 is 1. The number of ether oxygens (including phenoxy) is 1. The van der Waals surface area contributed by atoms with E-state index in [9.17, 15) is 18.4 Å². The van der Waals surface area contributed by atoms with Crippen LogP contribution in [0.1, 0.15) is 30.3 Å². The Morgan fingerprint density at radius 3 is 2.79 bits per heavy atom. The normalized spacial score (nSPS) is 26.2. The predicted octanol–water partition coefficient (Wildman–Crippen LogP) is 1.40. The molecule has 1 aromatic heterocycles. The minimum Gasteiger partial charge on any atom is -0.479 e. The van der Waals surface area contributed by atoms with E-state index in [1.165, 1.54) is 13.2 Å². The Kier molecular flexibility index (Phi) is 3.97. The lowest BCUT2D eigenvalue weighted by Gasteiger charge is -2.42. The molecule has 2 fully saturated rings. The molecule has 0 radical (unpaired) electrons. The third-order valence-electron chi connectivity index (χ3n) is 4.69. The second-order valence-corrected chi connectivity index (χ2v) is 6.34. The van der Waals surface area contributed by atoms with Crippen molar-refractivity contribution in [3.05, 3.63) is 11.8 Å². The van der Waals surface area contributed by atoms with Gasteiger partial charge >= 0.3 is 0 Å². The first-order valence-corrected chi connectivity index (χ1v) is 7.77. The molecule has 3 heterocycles. The molecule has 0 N–H and O–H groups in total. The first-order chi connectivity index (χ1) is 11.3. The summed E-state index contributed by atoms with van der Waals surface area (Å²) in [4.78, 5) is 27.6. The molecule has 7 nitrogen and oxygen atoms in total. The fraction of sp³-hybridized carbons (Fsp3) is 0.667. The number of hydrogen-bond donors (Lipinski definition) is 0. The van der Waals surface area contributed by atoms with Gasteiger partial charge in [0.2, 0.25) is 11.7 Å². The molecule has 0 unspecified atom stereocenters. The quantitative estimate of drug-likeness (QED) is 0.829. The van der Waals surface area contributed by atoms with Crippen LogP contribution in [-0.2, 0) is 4.79 Å². The molecule has 1 spiro atoms. The number of amides is 2. The largest absolute Gasteiger partial charge is 0.479 e. The van der Waals surface area contributed by atoms with Crippen molar-refractivity contribution in [3.63, 3.8) is 0 Å². The zero-order valence-electron chi connectivity index (χ0n) is 13.6. The molecule has 0 aromatic carbocycles. The van der Waals surface area contributed by atoms with E-state index in [-0.39, 0.29) is 24.1 Å². The molecule has 2 aliphatic heterocycles. The number of rotatable bonds is 3. The maximum atomic E-state index is 14.3. The van der Waals surface area contributed by atoms with Gasteiger partial charge in [0.15, 0.2) is 0 Å². The number of carbonyl (C=O) groups excluding carboxylic acids is 2. The number of likely N-dealkylation sites (tertiary alicyclic amines) is 2. The Hall–Kier alpha value is -2.19. The molecule has 24 heavy (non-hydrogen) atoms. The maximum Gasteiger partial charge on any atom is 0.292 e. The highest BCUT2D eigenvalue weighted by Gasteiger charge is 2.57. The first-order valence-electron chi connectivity index (χ1n) is 7.77. The van der Waals surface area contributed by atoms with Crippen LogP contribution in [0.5, 0.6) is 5.88 Å². The molecule has 1 atom stereocenters. The number of halogens is 2. The summed E-state index contributed by atoms with van der Waals surface area (Å²) in [5.41, 5.74) is -1.22. The van der Waals surface area contributed by atoms with E-state index in [0.29, 0.717) is 19.5 Å². The summed E-state index contributed by atoms with van der Waals surface area (Å²) in [6.45, 7) is 1.93. The molecule has 2 amide bonds. The highest BCUT2D eigenvalue weighted by Crippen LogP contribution is 2.45. The smallest absolute Gasteiger partial charge is 0.292 e. The van der Waals surface area contributed by atoms with E-state index in [4.69, 9.17) is 9.26 Å². The fourth-order valence-corrected chi connectivity index (χ4v) is 3.57. The average molecular weight is 343 g/mol. The lowest BCUT2D eigenvalue weighted by atomic mass is 9.77. The Balaban J connectivity index is 1.86. The van der Waals surface area contributed by atoms with Crippen molar-refractivity contribution in [2.75, 3.05) is 33.3 Å². The molecular weight excluding hydrogens is 324 g/mol. The number of hydrogen-bond acceptors (Lipinski definition) is 5. The van der Waals surface area contributed by atoms with E-state index in [1.54, 1.807) is 4.90 Å². The van der Waals surface area contributed by atoms with Gasteiger partial charge in [0, 0.05) is 26.1 Å². The van der Waals surface area contributed by atoms with Gasteiger partial charge < -0.3 is 19.1 Å². The lowest BCUT2D eigenvalue weighted by molar-refractivity contribution is -0.151. The summed E-state index contributed by atoms with van der Waals surface area (Å²) < 4.78 is 38.2. The molecule has 0 bridgehead atoms. The van der Waals surface area contributed by atoms with E-state index in [1.807, 2.05) is 6.92 Å². The fourth-order valence-electron chi connectivity index (χ4n) is 3.57. The highest BCUT2D eigenvalue weighted by molar-refractivity contribution is 5.93. The van der Waals surface area contributed by atoms with Crippen LogP contribution in [0.2, 0.25) is 0 Å². The highest BCUT2D eigenvalue weighted by atomic mass is 19.3. The summed E-state index contributed by atoms with van der Waals surface area (Å²) in [5.74, 6) is -4.25. The Morgan fingerprint density at radius 2 is 2.21 bits per heavy atom. The van der Waals surface area contributed by atoms with Crippen LogP contribution >= 0.6 is 0 Å². The number of alkyl halides is 2. The summed E-state index contributed by atoms with van der Waals surface area (Å²) in [7, 11) is 1.35. The summed E-state index contributed by atoms with van der Waals surface area (Å²) in [5, 5.41) is 3.51. The van der Waals surface area contributed by atoms with Crippen LogP contribution in [0.25, 0.3) is 0 Å². The third-order valence-corrected chi connectivity index (χ3v) is 4.69. The lowest BCUT2D eigenvalue weighted by Crippen LogP contribution is -2.57. The number of aromatic nitrogens is 1. The summed E-state index contributed by atoms with van der Waals surface area (Å²) in [6.07, 6.45) is -0.211. The Bertz CT molecular complexity index is 663. The predicted molar refractivity (Wildman–Crippen MR) is 77.8 cm³/mol. The van der Waals surface area contributed by atoms with Crippen molar-refractivity contribution in [3.8, 4) is 5.88 Å². The van der Waals surface area contributed by atoms with Gasteiger partial charge in [-0.1, -0.05) is 0 Å². The van der Waals surface area contributed by atoms with E-state index in [2.05, 4.69) is 5.16 Å². The molecular formula is C15H19F2N3O4. The minimum absolute atomic E-state index is 0.0419. The summed E-state index contributed by atoms with van der Waals surface area (Å²) >= 11 is 0. The molecule has 2 aliphatic rings. The van der Waals surface area contributed by atoms with Crippen LogP contribution in [0.15, 0.2) is 10.6 Å². The van der Waals surface area contributed by atoms with Crippen LogP contribution < -0.4 is 4.74 Å². The number of carbonyl (C=O) groups is 2. The van der Waals surface area contributed by atoms with Crippen molar-refractivity contribution in [1.29, 1.82) is 0 Å². The molecule has 0 aliphatic carbocycles. The van der Waals surface area contributed by atoms with Crippen molar-refractivity contribution in [1.82, 2.24) is 15.0 Å². The van der Waals surface area contributed by atoms with E-state index < -0.39 is 30.2 Å². The van der Waals surface area contributed by atoms with Gasteiger partial charge in [-0.15, -0.1) is 0 Å². The van der Waals surface area contributed by atoms with E-state index >= 15 is 0 Å². The zero-order valence-corrected chi connectivity index (χ0v) is 13.6. The van der Waals surface area contributed by atoms with Crippen LogP contribution in [0, 0.1) is 5.41 Å². The third kappa shape index (κ3) is 2.71. The molecule has 1 aromatic rings. The van der Waals surface area contributed by atoms with Gasteiger partial charge in [-0.3, -0.25) is 9.59 Å². The van der Waals surface area contributed by atoms with Gasteiger partial charge in [0.25, 0.3) is 17.7 Å². The van der Waals surface area contributed by atoms with E-state index in [0.717, 1.165) is 4.90 Å². The van der Waals surface area contributed by atoms with Crippen molar-refractivity contribution < 1.29 is 27.6 Å². The molecule has 9 heteroatoms. The van der Waals surface area contributed by atoms with Crippen molar-refractivity contribution >= 4 is 11.8 Å². The van der Waals surface area contributed by atoms with Gasteiger partial charge in [-0.25, -0.2) is 8.78 Å². The SMILES string of the molecule is CCN1CC[C@@]2(CN(C(=O)c3cc(OC)no3)CC(F)(F)C2)C1=O. The molecule has 2 saturated heterocycles. The van der Waals surface area contributed by atoms with Gasteiger partial charge in [0.1, 0.15) is 0 Å². The Morgan fingerprint density at radius 1 is 1.46 bits per heavy atom. The van der Waals surface area contributed by atoms with Crippen molar-refractivity contribution in [2.24, 2.45) is 5.41 Å². The zero-order chi connectivity index (χ0) is 17.5. The number of nitrogens with zero attached hydrogens (tertiary/aromatic N) is 3. The van der Waals surface area contributed by atoms with Crippen molar-refractivity contribution in [2.45, 2.75) is 25.7 Å². The average Bonchev–Trinajstić information content (AvgIpc) is 3.11. The second kappa shape index (κ2) is 5.71.